The molecule has 0 amide bonds. The topological polar surface area (TPSA) is 15.8 Å². The summed E-state index contributed by atoms with van der Waals surface area (Å²) in [4.78, 5) is 1.74. The second-order valence-corrected chi connectivity index (χ2v) is 3.29. The van der Waals surface area contributed by atoms with Crippen LogP contribution in [0.4, 0.5) is 0 Å². The van der Waals surface area contributed by atoms with Crippen molar-refractivity contribution in [1.29, 1.82) is 0 Å². The zero-order valence-electron chi connectivity index (χ0n) is 7.25. The van der Waals surface area contributed by atoms with Gasteiger partial charge < -0.3 is 9.55 Å². The van der Waals surface area contributed by atoms with Crippen molar-refractivity contribution in [2.75, 3.05) is 20.2 Å². The largest absolute Gasteiger partial charge is 0.373 e. The van der Waals surface area contributed by atoms with Gasteiger partial charge in [0, 0.05) is 0 Å². The van der Waals surface area contributed by atoms with Gasteiger partial charge in [0.05, 0.1) is 12.7 Å². The third-order valence-electron chi connectivity index (χ3n) is 1.94. The van der Waals surface area contributed by atoms with Crippen LogP contribution in [0.3, 0.4) is 0 Å². The summed E-state index contributed by atoms with van der Waals surface area (Å²) in [6.07, 6.45) is 5.62. The molecule has 1 atom stereocenters. The van der Waals surface area contributed by atoms with Crippen molar-refractivity contribution in [2.45, 2.75) is 31.8 Å². The first kappa shape index (κ1) is 9.08. The molecular weight excluding hydrogens is 137 g/mol. The van der Waals surface area contributed by atoms with E-state index in [1.807, 2.05) is 7.05 Å². The van der Waals surface area contributed by atoms with Crippen molar-refractivity contribution in [1.82, 2.24) is 4.81 Å². The Balaban J connectivity index is 1.73. The number of hydrogen-bond acceptors (Lipinski definition) is 2. The van der Waals surface area contributed by atoms with Crippen LogP contribution in [0.2, 0.25) is 0 Å². The first-order valence-electron chi connectivity index (χ1n) is 4.36. The van der Waals surface area contributed by atoms with E-state index in [4.69, 9.17) is 12.7 Å². The lowest BCUT2D eigenvalue weighted by atomic mass is 10.1. The van der Waals surface area contributed by atoms with Gasteiger partial charge in [0.1, 0.15) is 0 Å². The van der Waals surface area contributed by atoms with Crippen molar-refractivity contribution in [3.63, 3.8) is 0 Å². The van der Waals surface area contributed by atoms with Crippen LogP contribution in [0, 0.1) is 0 Å². The third kappa shape index (κ3) is 5.28. The van der Waals surface area contributed by atoms with Gasteiger partial charge >= 0.3 is 0 Å². The zero-order chi connectivity index (χ0) is 8.10. The second kappa shape index (κ2) is 4.78. The summed E-state index contributed by atoms with van der Waals surface area (Å²) in [5.74, 6) is 0. The van der Waals surface area contributed by atoms with E-state index in [0.29, 0.717) is 6.10 Å². The maximum absolute atomic E-state index is 5.46. The van der Waals surface area contributed by atoms with E-state index >= 15 is 0 Å². The summed E-state index contributed by atoms with van der Waals surface area (Å²) in [6.45, 7) is 2.00. The molecule has 2 nitrogen and oxygen atoms in total. The minimum Gasteiger partial charge on any atom is -0.373 e. The Morgan fingerprint density at radius 1 is 1.45 bits per heavy atom. The molecule has 1 unspecified atom stereocenters. The molecule has 11 heavy (non-hydrogen) atoms. The summed E-state index contributed by atoms with van der Waals surface area (Å²) >= 11 is 0. The minimum atomic E-state index is 0.602. The van der Waals surface area contributed by atoms with Gasteiger partial charge in [-0.15, -0.1) is 0 Å². The normalized spacial score (nSPS) is 22.5. The molecule has 3 heteroatoms. The van der Waals surface area contributed by atoms with Gasteiger partial charge in [0.2, 0.25) is 0 Å². The minimum absolute atomic E-state index is 0.602. The van der Waals surface area contributed by atoms with Crippen LogP contribution in [0.1, 0.15) is 25.7 Å². The van der Waals surface area contributed by atoms with E-state index in [2.05, 4.69) is 0 Å². The molecule has 0 aliphatic carbocycles. The van der Waals surface area contributed by atoms with E-state index in [0.717, 1.165) is 13.2 Å². The Kier molecular flexibility index (Phi) is 3.94. The fraction of sp³-hybridized carbons (Fsp3) is 1.00. The maximum Gasteiger partial charge on any atom is 0.182 e. The molecule has 0 aromatic rings. The maximum atomic E-state index is 5.46. The molecule has 1 heterocycles. The fourth-order valence-corrected chi connectivity index (χ4v) is 1.14. The van der Waals surface area contributed by atoms with Gasteiger partial charge in [0.25, 0.3) is 0 Å². The molecule has 1 saturated heterocycles. The molecular formula is C8H16BNO. The number of epoxide rings is 1. The van der Waals surface area contributed by atoms with Crippen LogP contribution in [-0.2, 0) is 4.74 Å². The molecule has 1 aliphatic rings. The van der Waals surface area contributed by atoms with Crippen molar-refractivity contribution in [3.8, 4) is 0 Å². The fourth-order valence-electron chi connectivity index (χ4n) is 1.14. The molecule has 0 spiro atoms. The average molecular weight is 153 g/mol. The van der Waals surface area contributed by atoms with E-state index < -0.39 is 0 Å². The predicted molar refractivity (Wildman–Crippen MR) is 46.6 cm³/mol. The van der Waals surface area contributed by atoms with Crippen molar-refractivity contribution < 1.29 is 4.74 Å². The van der Waals surface area contributed by atoms with Gasteiger partial charge in [-0.2, -0.15) is 0 Å². The van der Waals surface area contributed by atoms with Gasteiger partial charge in [-0.3, -0.25) is 0 Å². The van der Waals surface area contributed by atoms with Crippen molar-refractivity contribution in [3.05, 3.63) is 0 Å². The van der Waals surface area contributed by atoms with Gasteiger partial charge in [-0.05, 0) is 26.4 Å². The second-order valence-electron chi connectivity index (χ2n) is 3.29. The van der Waals surface area contributed by atoms with E-state index in [-0.39, 0.29) is 0 Å². The Morgan fingerprint density at radius 2 is 2.18 bits per heavy atom. The highest BCUT2D eigenvalue weighted by molar-refractivity contribution is 6.04. The van der Waals surface area contributed by atoms with Crippen LogP contribution in [0.25, 0.3) is 0 Å². The molecule has 0 bridgehead atoms. The number of unbranched alkanes of at least 4 members (excludes halogenated alkanes) is 2. The molecule has 1 rings (SSSR count). The van der Waals surface area contributed by atoms with E-state index in [9.17, 15) is 0 Å². The Bertz CT molecular complexity index is 100. The SMILES string of the molecule is [B]N(C)CCCCCC1CO1. The average Bonchev–Trinajstić information content (AvgIpc) is 2.70. The Labute approximate surface area is 70.3 Å². The van der Waals surface area contributed by atoms with E-state index in [1.54, 1.807) is 4.81 Å². The molecule has 0 aromatic carbocycles. The van der Waals surface area contributed by atoms with Crippen LogP contribution < -0.4 is 0 Å². The lowest BCUT2D eigenvalue weighted by Gasteiger charge is -2.08. The van der Waals surface area contributed by atoms with Crippen LogP contribution in [-0.4, -0.2) is 39.1 Å². The summed E-state index contributed by atoms with van der Waals surface area (Å²) in [5, 5.41) is 0. The summed E-state index contributed by atoms with van der Waals surface area (Å²) < 4.78 is 5.10. The smallest absolute Gasteiger partial charge is 0.182 e. The molecule has 62 valence electrons. The third-order valence-corrected chi connectivity index (χ3v) is 1.94. The summed E-state index contributed by atoms with van der Waals surface area (Å²) in [6, 6.07) is 0. The number of hydrogen-bond donors (Lipinski definition) is 0. The monoisotopic (exact) mass is 153 g/mol. The Morgan fingerprint density at radius 3 is 2.73 bits per heavy atom. The standard InChI is InChI=1S/C8H16BNO/c1-10(9)6-4-2-3-5-8-7-11-8/h8H,2-7H2,1H3. The van der Waals surface area contributed by atoms with Gasteiger partial charge in [-0.25, -0.2) is 0 Å². The first-order valence-corrected chi connectivity index (χ1v) is 4.36. The lowest BCUT2D eigenvalue weighted by Crippen LogP contribution is -2.14. The highest BCUT2D eigenvalue weighted by Crippen LogP contribution is 2.16. The number of nitrogens with zero attached hydrogens (tertiary/aromatic N) is 1. The molecule has 0 N–H and O–H groups in total. The first-order chi connectivity index (χ1) is 5.29. The highest BCUT2D eigenvalue weighted by atomic mass is 16.6. The zero-order valence-corrected chi connectivity index (χ0v) is 7.25. The molecule has 0 saturated carbocycles. The summed E-state index contributed by atoms with van der Waals surface area (Å²) in [7, 11) is 7.36. The van der Waals surface area contributed by atoms with E-state index in [1.165, 1.54) is 25.7 Å². The highest BCUT2D eigenvalue weighted by Gasteiger charge is 2.20. The quantitative estimate of drug-likeness (QED) is 0.321. The van der Waals surface area contributed by atoms with Crippen molar-refractivity contribution >= 4 is 7.98 Å². The van der Waals surface area contributed by atoms with Crippen LogP contribution in [0.15, 0.2) is 0 Å². The molecule has 2 radical (unpaired) electrons. The van der Waals surface area contributed by atoms with Crippen molar-refractivity contribution in [2.24, 2.45) is 0 Å². The summed E-state index contributed by atoms with van der Waals surface area (Å²) in [5.41, 5.74) is 0. The lowest BCUT2D eigenvalue weighted by molar-refractivity contribution is 0.386. The van der Waals surface area contributed by atoms with Crippen LogP contribution >= 0.6 is 0 Å². The van der Waals surface area contributed by atoms with Crippen LogP contribution in [0.5, 0.6) is 0 Å². The number of ether oxygens (including phenoxy) is 1. The predicted octanol–water partition coefficient (Wildman–Crippen LogP) is 0.961. The Hall–Kier alpha value is -0.0151. The van der Waals surface area contributed by atoms with Gasteiger partial charge in [0.15, 0.2) is 7.98 Å². The number of rotatable bonds is 6. The molecule has 1 fully saturated rings. The molecule has 0 aromatic heterocycles. The molecule has 1 aliphatic heterocycles. The van der Waals surface area contributed by atoms with Gasteiger partial charge in [-0.1, -0.05) is 12.8 Å².